The molecule has 3 heterocycles. The summed E-state index contributed by atoms with van der Waals surface area (Å²) in [4.78, 5) is 21.3. The topological polar surface area (TPSA) is 41.4 Å². The van der Waals surface area contributed by atoms with Crippen LogP contribution in [0.5, 0.6) is 0 Å². The number of carbonyl (C=O) groups excluding carboxylic acids is 1. The second kappa shape index (κ2) is 7.77. The Labute approximate surface area is 133 Å². The van der Waals surface area contributed by atoms with Gasteiger partial charge in [-0.3, -0.25) is 4.79 Å². The van der Waals surface area contributed by atoms with Crippen molar-refractivity contribution in [1.29, 1.82) is 0 Å². The second-order valence-corrected chi connectivity index (χ2v) is 6.66. The van der Waals surface area contributed by atoms with E-state index in [-0.39, 0.29) is 5.91 Å². The van der Waals surface area contributed by atoms with Gasteiger partial charge in [0.05, 0.1) is 6.33 Å². The van der Waals surface area contributed by atoms with Crippen molar-refractivity contribution in [1.82, 2.24) is 19.4 Å². The van der Waals surface area contributed by atoms with Gasteiger partial charge in [-0.2, -0.15) is 0 Å². The predicted molar refractivity (Wildman–Crippen MR) is 86.5 cm³/mol. The number of amides is 1. The van der Waals surface area contributed by atoms with E-state index in [0.29, 0.717) is 12.6 Å². The van der Waals surface area contributed by atoms with Crippen LogP contribution in [-0.2, 0) is 11.3 Å². The zero-order valence-corrected chi connectivity index (χ0v) is 13.5. The fraction of sp³-hybridized carbons (Fsp3) is 0.765. The molecular formula is C17H28N4O. The Bertz CT molecular complexity index is 453. The molecule has 2 saturated heterocycles. The molecule has 1 amide bonds. The van der Waals surface area contributed by atoms with Crippen LogP contribution in [0, 0.1) is 0 Å². The van der Waals surface area contributed by atoms with E-state index in [1.807, 2.05) is 10.8 Å². The number of rotatable bonds is 5. The molecule has 0 N–H and O–H groups in total. The minimum atomic E-state index is 0.251. The van der Waals surface area contributed by atoms with E-state index in [4.69, 9.17) is 0 Å². The van der Waals surface area contributed by atoms with Gasteiger partial charge in [-0.25, -0.2) is 4.98 Å². The maximum atomic E-state index is 12.6. The van der Waals surface area contributed by atoms with Gasteiger partial charge in [0.25, 0.3) is 0 Å². The number of hydrogen-bond donors (Lipinski definition) is 0. The Morgan fingerprint density at radius 3 is 2.68 bits per heavy atom. The average molecular weight is 304 g/mol. The highest BCUT2D eigenvalue weighted by Crippen LogP contribution is 2.21. The van der Waals surface area contributed by atoms with Crippen molar-refractivity contribution >= 4 is 5.91 Å². The standard InChI is InChI=1S/C17H28N4O/c22-17(14-20-13-8-18-15-20)21-11-5-2-6-16(21)7-12-19-9-3-1-4-10-19/h8,13,15-16H,1-7,9-12,14H2/t16-/m0/s1. The number of aromatic nitrogens is 2. The maximum absolute atomic E-state index is 12.6. The van der Waals surface area contributed by atoms with Crippen molar-refractivity contribution in [2.24, 2.45) is 0 Å². The summed E-state index contributed by atoms with van der Waals surface area (Å²) < 4.78 is 1.87. The van der Waals surface area contributed by atoms with Crippen molar-refractivity contribution in [3.8, 4) is 0 Å². The molecule has 2 aliphatic rings. The Kier molecular flexibility index (Phi) is 5.48. The molecule has 0 bridgehead atoms. The fourth-order valence-corrected chi connectivity index (χ4v) is 3.77. The van der Waals surface area contributed by atoms with Crippen LogP contribution in [0.15, 0.2) is 18.7 Å². The van der Waals surface area contributed by atoms with E-state index >= 15 is 0 Å². The quantitative estimate of drug-likeness (QED) is 0.837. The number of imidazole rings is 1. The van der Waals surface area contributed by atoms with E-state index in [0.717, 1.165) is 25.9 Å². The van der Waals surface area contributed by atoms with Gasteiger partial charge in [-0.15, -0.1) is 0 Å². The van der Waals surface area contributed by atoms with Crippen LogP contribution in [0.25, 0.3) is 0 Å². The molecule has 0 aliphatic carbocycles. The lowest BCUT2D eigenvalue weighted by atomic mass is 9.98. The van der Waals surface area contributed by atoms with Crippen molar-refractivity contribution in [2.45, 2.75) is 57.5 Å². The first kappa shape index (κ1) is 15.5. The molecular weight excluding hydrogens is 276 g/mol. The Balaban J connectivity index is 1.52. The van der Waals surface area contributed by atoms with Crippen LogP contribution in [-0.4, -0.2) is 57.5 Å². The highest BCUT2D eigenvalue weighted by molar-refractivity contribution is 5.76. The molecule has 1 aromatic heterocycles. The van der Waals surface area contributed by atoms with Crippen LogP contribution < -0.4 is 0 Å². The van der Waals surface area contributed by atoms with Crippen LogP contribution in [0.2, 0.25) is 0 Å². The lowest BCUT2D eigenvalue weighted by Crippen LogP contribution is -2.46. The van der Waals surface area contributed by atoms with Crippen LogP contribution in [0.3, 0.4) is 0 Å². The lowest BCUT2D eigenvalue weighted by Gasteiger charge is -2.37. The minimum Gasteiger partial charge on any atom is -0.338 e. The van der Waals surface area contributed by atoms with Crippen molar-refractivity contribution in [2.75, 3.05) is 26.2 Å². The van der Waals surface area contributed by atoms with Gasteiger partial charge in [0, 0.05) is 31.5 Å². The lowest BCUT2D eigenvalue weighted by molar-refractivity contribution is -0.135. The summed E-state index contributed by atoms with van der Waals surface area (Å²) in [7, 11) is 0. The summed E-state index contributed by atoms with van der Waals surface area (Å²) >= 11 is 0. The van der Waals surface area contributed by atoms with Crippen molar-refractivity contribution in [3.63, 3.8) is 0 Å². The third-order valence-electron chi connectivity index (χ3n) is 5.05. The number of carbonyl (C=O) groups is 1. The first-order valence-corrected chi connectivity index (χ1v) is 8.80. The summed E-state index contributed by atoms with van der Waals surface area (Å²) in [5.74, 6) is 0.251. The highest BCUT2D eigenvalue weighted by Gasteiger charge is 2.27. The highest BCUT2D eigenvalue weighted by atomic mass is 16.2. The van der Waals surface area contributed by atoms with E-state index in [2.05, 4.69) is 14.8 Å². The summed E-state index contributed by atoms with van der Waals surface area (Å²) in [5.41, 5.74) is 0. The summed E-state index contributed by atoms with van der Waals surface area (Å²) in [6.45, 7) is 5.00. The molecule has 22 heavy (non-hydrogen) atoms. The first-order chi connectivity index (χ1) is 10.8. The predicted octanol–water partition coefficient (Wildman–Crippen LogP) is 2.14. The van der Waals surface area contributed by atoms with E-state index < -0.39 is 0 Å². The van der Waals surface area contributed by atoms with E-state index in [1.54, 1.807) is 12.5 Å². The first-order valence-electron chi connectivity index (χ1n) is 8.80. The largest absolute Gasteiger partial charge is 0.338 e. The number of piperidine rings is 2. The molecule has 0 aromatic carbocycles. The van der Waals surface area contributed by atoms with Crippen LogP contribution >= 0.6 is 0 Å². The van der Waals surface area contributed by atoms with Crippen LogP contribution in [0.1, 0.15) is 44.9 Å². The SMILES string of the molecule is O=C(Cn1ccnc1)N1CCCC[C@H]1CCN1CCCCC1. The summed E-state index contributed by atoms with van der Waals surface area (Å²) in [5, 5.41) is 0. The third-order valence-corrected chi connectivity index (χ3v) is 5.05. The summed E-state index contributed by atoms with van der Waals surface area (Å²) in [6, 6.07) is 0.437. The van der Waals surface area contributed by atoms with E-state index in [9.17, 15) is 4.79 Å². The fourth-order valence-electron chi connectivity index (χ4n) is 3.77. The van der Waals surface area contributed by atoms with Gasteiger partial charge in [0.1, 0.15) is 6.54 Å². The Morgan fingerprint density at radius 2 is 1.91 bits per heavy atom. The number of likely N-dealkylation sites (tertiary alicyclic amines) is 2. The summed E-state index contributed by atoms with van der Waals surface area (Å²) in [6.07, 6.45) is 14.1. The third kappa shape index (κ3) is 4.09. The van der Waals surface area contributed by atoms with Crippen LogP contribution in [0.4, 0.5) is 0 Å². The molecule has 2 aliphatic heterocycles. The van der Waals surface area contributed by atoms with E-state index in [1.165, 1.54) is 45.2 Å². The average Bonchev–Trinajstić information content (AvgIpc) is 3.07. The molecule has 1 atom stereocenters. The molecule has 5 nitrogen and oxygen atoms in total. The Hall–Kier alpha value is -1.36. The monoisotopic (exact) mass is 304 g/mol. The molecule has 122 valence electrons. The molecule has 5 heteroatoms. The zero-order valence-electron chi connectivity index (χ0n) is 13.5. The van der Waals surface area contributed by atoms with Crippen molar-refractivity contribution in [3.05, 3.63) is 18.7 Å². The van der Waals surface area contributed by atoms with Gasteiger partial charge in [-0.1, -0.05) is 6.42 Å². The molecule has 1 aromatic rings. The maximum Gasteiger partial charge on any atom is 0.242 e. The number of nitrogens with zero attached hydrogens (tertiary/aromatic N) is 4. The molecule has 0 spiro atoms. The van der Waals surface area contributed by atoms with Gasteiger partial charge in [-0.05, 0) is 51.6 Å². The van der Waals surface area contributed by atoms with Gasteiger partial charge in [0.2, 0.25) is 5.91 Å². The molecule has 2 fully saturated rings. The molecule has 0 saturated carbocycles. The zero-order chi connectivity index (χ0) is 15.2. The van der Waals surface area contributed by atoms with Gasteiger partial charge < -0.3 is 14.4 Å². The minimum absolute atomic E-state index is 0.251. The normalized spacial score (nSPS) is 23.6. The second-order valence-electron chi connectivity index (χ2n) is 6.66. The van der Waals surface area contributed by atoms with Gasteiger partial charge in [0.15, 0.2) is 0 Å². The smallest absolute Gasteiger partial charge is 0.242 e. The molecule has 0 radical (unpaired) electrons. The van der Waals surface area contributed by atoms with Crippen molar-refractivity contribution < 1.29 is 4.79 Å². The Morgan fingerprint density at radius 1 is 1.09 bits per heavy atom. The number of hydrogen-bond acceptors (Lipinski definition) is 3. The molecule has 0 unspecified atom stereocenters. The molecule has 3 rings (SSSR count). The van der Waals surface area contributed by atoms with Gasteiger partial charge >= 0.3 is 0 Å².